The van der Waals surface area contributed by atoms with Crippen molar-refractivity contribution in [3.63, 3.8) is 0 Å². The molecule has 1 saturated carbocycles. The molecule has 1 N–H and O–H groups in total. The fourth-order valence-corrected chi connectivity index (χ4v) is 2.33. The van der Waals surface area contributed by atoms with E-state index in [1.54, 1.807) is 0 Å². The van der Waals surface area contributed by atoms with Gasteiger partial charge in [-0.3, -0.25) is 0 Å². The summed E-state index contributed by atoms with van der Waals surface area (Å²) in [5.74, 6) is 0.843. The summed E-state index contributed by atoms with van der Waals surface area (Å²) in [5.41, 5.74) is 1.43. The van der Waals surface area contributed by atoms with E-state index in [0.29, 0.717) is 18.1 Å². The fraction of sp³-hybridized carbons (Fsp3) is 0.500. The summed E-state index contributed by atoms with van der Waals surface area (Å²) >= 11 is 6.04. The van der Waals surface area contributed by atoms with Crippen molar-refractivity contribution in [2.24, 2.45) is 0 Å². The van der Waals surface area contributed by atoms with Gasteiger partial charge < -0.3 is 14.6 Å². The number of benzene rings is 1. The molecule has 3 nitrogen and oxygen atoms in total. The molecule has 0 bridgehead atoms. The van der Waals surface area contributed by atoms with Crippen LogP contribution in [0.4, 0.5) is 0 Å². The van der Waals surface area contributed by atoms with Crippen LogP contribution in [0.5, 0.6) is 5.75 Å². The average Bonchev–Trinajstić information content (AvgIpc) is 2.96. The van der Waals surface area contributed by atoms with E-state index in [0.717, 1.165) is 29.7 Å². The first-order valence-corrected chi connectivity index (χ1v) is 5.78. The van der Waals surface area contributed by atoms with Crippen molar-refractivity contribution in [2.75, 3.05) is 6.79 Å². The van der Waals surface area contributed by atoms with Crippen molar-refractivity contribution in [3.8, 4) is 5.75 Å². The van der Waals surface area contributed by atoms with E-state index in [-0.39, 0.29) is 6.79 Å². The Hall–Kier alpha value is -0.770. The highest BCUT2D eigenvalue weighted by Gasteiger charge is 2.41. The standard InChI is InChI=1S/C12H13ClO3/c13-10-3-8(5-12(14)1-2-12)11-9(4-10)6-15-7-16-11/h3-4,14H,1-2,5-7H2. The molecule has 0 aromatic heterocycles. The Morgan fingerprint density at radius 2 is 2.19 bits per heavy atom. The summed E-state index contributed by atoms with van der Waals surface area (Å²) in [6.45, 7) is 0.807. The summed E-state index contributed by atoms with van der Waals surface area (Å²) in [6.07, 6.45) is 2.35. The fourth-order valence-electron chi connectivity index (χ4n) is 2.06. The van der Waals surface area contributed by atoms with Crippen LogP contribution in [-0.4, -0.2) is 17.5 Å². The molecule has 3 rings (SSSR count). The molecule has 1 aromatic carbocycles. The topological polar surface area (TPSA) is 38.7 Å². The van der Waals surface area contributed by atoms with Crippen LogP contribution in [0.3, 0.4) is 0 Å². The van der Waals surface area contributed by atoms with Gasteiger partial charge in [0.05, 0.1) is 12.2 Å². The summed E-state index contributed by atoms with van der Waals surface area (Å²) in [7, 11) is 0. The number of rotatable bonds is 2. The molecule has 0 saturated heterocycles. The van der Waals surface area contributed by atoms with Gasteiger partial charge in [0.25, 0.3) is 0 Å². The predicted molar refractivity (Wildman–Crippen MR) is 59.6 cm³/mol. The molecule has 4 heteroatoms. The van der Waals surface area contributed by atoms with Gasteiger partial charge in [0, 0.05) is 17.0 Å². The summed E-state index contributed by atoms with van der Waals surface area (Å²) in [5, 5.41) is 10.6. The number of ether oxygens (including phenoxy) is 2. The third-order valence-corrected chi connectivity index (χ3v) is 3.32. The zero-order chi connectivity index (χ0) is 11.2. The molecule has 86 valence electrons. The molecule has 0 amide bonds. The second kappa shape index (κ2) is 3.62. The van der Waals surface area contributed by atoms with Crippen LogP contribution in [-0.2, 0) is 17.8 Å². The maximum atomic E-state index is 9.94. The molecule has 0 spiro atoms. The number of halogens is 1. The van der Waals surface area contributed by atoms with Gasteiger partial charge in [-0.15, -0.1) is 0 Å². The normalized spacial score (nSPS) is 21.1. The molecule has 1 heterocycles. The van der Waals surface area contributed by atoms with E-state index >= 15 is 0 Å². The van der Waals surface area contributed by atoms with Crippen LogP contribution in [0, 0.1) is 0 Å². The van der Waals surface area contributed by atoms with Crippen molar-refractivity contribution < 1.29 is 14.6 Å². The first kappa shape index (κ1) is 10.4. The Labute approximate surface area is 98.9 Å². The maximum Gasteiger partial charge on any atom is 0.189 e. The monoisotopic (exact) mass is 240 g/mol. The van der Waals surface area contributed by atoms with Crippen molar-refractivity contribution in [1.82, 2.24) is 0 Å². The number of hydrogen-bond donors (Lipinski definition) is 1. The number of fused-ring (bicyclic) bond motifs is 1. The van der Waals surface area contributed by atoms with Gasteiger partial charge in [0.2, 0.25) is 0 Å². The molecule has 1 aromatic rings. The molecule has 1 fully saturated rings. The second-order valence-electron chi connectivity index (χ2n) is 4.56. The van der Waals surface area contributed by atoms with Crippen molar-refractivity contribution >= 4 is 11.6 Å². The maximum absolute atomic E-state index is 9.94. The molecule has 1 aliphatic heterocycles. The minimum absolute atomic E-state index is 0.278. The Balaban J connectivity index is 1.98. The molecule has 1 aliphatic carbocycles. The minimum atomic E-state index is -0.528. The molecule has 0 atom stereocenters. The highest BCUT2D eigenvalue weighted by molar-refractivity contribution is 6.30. The molecular weight excluding hydrogens is 228 g/mol. The van der Waals surface area contributed by atoms with E-state index in [9.17, 15) is 5.11 Å². The first-order chi connectivity index (χ1) is 7.66. The lowest BCUT2D eigenvalue weighted by molar-refractivity contribution is -0.0174. The largest absolute Gasteiger partial charge is 0.467 e. The number of aliphatic hydroxyl groups is 1. The van der Waals surface area contributed by atoms with E-state index in [1.165, 1.54) is 0 Å². The molecule has 16 heavy (non-hydrogen) atoms. The molecule has 0 unspecified atom stereocenters. The van der Waals surface area contributed by atoms with Gasteiger partial charge >= 0.3 is 0 Å². The second-order valence-corrected chi connectivity index (χ2v) is 5.00. The van der Waals surface area contributed by atoms with Crippen molar-refractivity contribution in [1.29, 1.82) is 0 Å². The highest BCUT2D eigenvalue weighted by atomic mass is 35.5. The quantitative estimate of drug-likeness (QED) is 0.862. The van der Waals surface area contributed by atoms with Crippen LogP contribution >= 0.6 is 11.6 Å². The van der Waals surface area contributed by atoms with Crippen molar-refractivity contribution in [3.05, 3.63) is 28.3 Å². The minimum Gasteiger partial charge on any atom is -0.467 e. The lowest BCUT2D eigenvalue weighted by Gasteiger charge is -2.22. The first-order valence-electron chi connectivity index (χ1n) is 5.41. The van der Waals surface area contributed by atoms with E-state index in [1.807, 2.05) is 12.1 Å². The Morgan fingerprint density at radius 1 is 1.38 bits per heavy atom. The molecular formula is C12H13ClO3. The van der Waals surface area contributed by atoms with E-state index in [2.05, 4.69) is 0 Å². The third kappa shape index (κ3) is 1.90. The van der Waals surface area contributed by atoms with Gasteiger partial charge in [0.15, 0.2) is 6.79 Å². The average molecular weight is 241 g/mol. The lowest BCUT2D eigenvalue weighted by Crippen LogP contribution is -2.17. The lowest BCUT2D eigenvalue weighted by atomic mass is 10.0. The van der Waals surface area contributed by atoms with Crippen LogP contribution in [0.15, 0.2) is 12.1 Å². The van der Waals surface area contributed by atoms with Gasteiger partial charge in [-0.1, -0.05) is 11.6 Å². The smallest absolute Gasteiger partial charge is 0.189 e. The van der Waals surface area contributed by atoms with E-state index in [4.69, 9.17) is 21.1 Å². The van der Waals surface area contributed by atoms with Gasteiger partial charge in [-0.2, -0.15) is 0 Å². The van der Waals surface area contributed by atoms with Gasteiger partial charge in [0.1, 0.15) is 5.75 Å². The Kier molecular flexibility index (Phi) is 2.35. The van der Waals surface area contributed by atoms with Gasteiger partial charge in [-0.25, -0.2) is 0 Å². The molecule has 0 radical (unpaired) electrons. The molecule has 2 aliphatic rings. The van der Waals surface area contributed by atoms with E-state index < -0.39 is 5.60 Å². The van der Waals surface area contributed by atoms with Crippen LogP contribution in [0.2, 0.25) is 5.02 Å². The zero-order valence-electron chi connectivity index (χ0n) is 8.83. The summed E-state index contributed by atoms with van der Waals surface area (Å²) < 4.78 is 10.7. The number of hydrogen-bond acceptors (Lipinski definition) is 3. The zero-order valence-corrected chi connectivity index (χ0v) is 9.59. The Bertz CT molecular complexity index is 427. The SMILES string of the molecule is OC1(Cc2cc(Cl)cc3c2OCOC3)CC1. The summed E-state index contributed by atoms with van der Waals surface area (Å²) in [6, 6.07) is 3.73. The van der Waals surface area contributed by atoms with Crippen LogP contribution in [0.1, 0.15) is 24.0 Å². The summed E-state index contributed by atoms with van der Waals surface area (Å²) in [4.78, 5) is 0. The Morgan fingerprint density at radius 3 is 2.94 bits per heavy atom. The predicted octanol–water partition coefficient (Wildman–Crippen LogP) is 2.27. The third-order valence-electron chi connectivity index (χ3n) is 3.10. The van der Waals surface area contributed by atoms with Crippen molar-refractivity contribution in [2.45, 2.75) is 31.5 Å². The van der Waals surface area contributed by atoms with Gasteiger partial charge in [-0.05, 0) is 30.5 Å². The van der Waals surface area contributed by atoms with Crippen LogP contribution in [0.25, 0.3) is 0 Å². The van der Waals surface area contributed by atoms with Crippen LogP contribution < -0.4 is 4.74 Å². The highest BCUT2D eigenvalue weighted by Crippen LogP contribution is 2.42.